The van der Waals surface area contributed by atoms with Crippen LogP contribution in [0.2, 0.25) is 0 Å². The fourth-order valence-corrected chi connectivity index (χ4v) is 3.33. The smallest absolute Gasteiger partial charge is 0.254 e. The molecule has 3 rings (SSSR count). The Hall–Kier alpha value is -2.73. The van der Waals surface area contributed by atoms with Gasteiger partial charge in [-0.2, -0.15) is 0 Å². The predicted molar refractivity (Wildman–Crippen MR) is 108 cm³/mol. The third kappa shape index (κ3) is 4.57. The van der Waals surface area contributed by atoms with Crippen molar-refractivity contribution in [1.29, 1.82) is 0 Å². The molecule has 2 aromatic carbocycles. The van der Waals surface area contributed by atoms with E-state index in [2.05, 4.69) is 11.8 Å². The zero-order valence-electron chi connectivity index (χ0n) is 16.8. The van der Waals surface area contributed by atoms with Crippen LogP contribution in [0, 0.1) is 0 Å². The summed E-state index contributed by atoms with van der Waals surface area (Å²) in [6.07, 6.45) is 0. The highest BCUT2D eigenvalue weighted by Gasteiger charge is 2.24. The van der Waals surface area contributed by atoms with Crippen molar-refractivity contribution < 1.29 is 19.0 Å². The topological polar surface area (TPSA) is 51.2 Å². The van der Waals surface area contributed by atoms with E-state index in [0.29, 0.717) is 29.4 Å². The van der Waals surface area contributed by atoms with Gasteiger partial charge in [0, 0.05) is 31.7 Å². The van der Waals surface area contributed by atoms with E-state index in [1.807, 2.05) is 35.2 Å². The first-order valence-corrected chi connectivity index (χ1v) is 9.60. The van der Waals surface area contributed by atoms with Crippen molar-refractivity contribution in [2.45, 2.75) is 13.5 Å². The number of amides is 1. The second-order valence-electron chi connectivity index (χ2n) is 6.71. The number of carbonyl (C=O) groups is 1. The minimum absolute atomic E-state index is 0.0121. The Labute approximate surface area is 166 Å². The summed E-state index contributed by atoms with van der Waals surface area (Å²) >= 11 is 0. The maximum Gasteiger partial charge on any atom is 0.254 e. The number of ether oxygens (including phenoxy) is 3. The molecule has 28 heavy (non-hydrogen) atoms. The van der Waals surface area contributed by atoms with Crippen LogP contribution in [-0.4, -0.2) is 62.7 Å². The van der Waals surface area contributed by atoms with Crippen LogP contribution in [0.15, 0.2) is 42.5 Å². The van der Waals surface area contributed by atoms with Crippen molar-refractivity contribution in [1.82, 2.24) is 9.80 Å². The van der Waals surface area contributed by atoms with Gasteiger partial charge in [0.2, 0.25) is 5.75 Å². The summed E-state index contributed by atoms with van der Waals surface area (Å²) in [6, 6.07) is 13.3. The molecule has 0 unspecified atom stereocenters. The molecular weight excluding hydrogens is 356 g/mol. The highest BCUT2D eigenvalue weighted by Crippen LogP contribution is 2.39. The Morgan fingerprint density at radius 1 is 0.964 bits per heavy atom. The fourth-order valence-electron chi connectivity index (χ4n) is 3.33. The molecule has 1 aliphatic rings. The van der Waals surface area contributed by atoms with E-state index in [0.717, 1.165) is 38.3 Å². The van der Waals surface area contributed by atoms with Gasteiger partial charge < -0.3 is 24.0 Å². The first kappa shape index (κ1) is 20.0. The minimum Gasteiger partial charge on any atom is -0.493 e. The zero-order valence-corrected chi connectivity index (χ0v) is 16.8. The Bertz CT molecular complexity index is 761. The summed E-state index contributed by atoms with van der Waals surface area (Å²) in [6.45, 7) is 6.79. The summed E-state index contributed by atoms with van der Waals surface area (Å²) in [7, 11) is 3.14. The lowest BCUT2D eigenvalue weighted by atomic mass is 10.1. The maximum absolute atomic E-state index is 13.0. The van der Waals surface area contributed by atoms with Gasteiger partial charge in [0.05, 0.1) is 14.2 Å². The van der Waals surface area contributed by atoms with E-state index in [-0.39, 0.29) is 5.91 Å². The lowest BCUT2D eigenvalue weighted by Gasteiger charge is -2.34. The van der Waals surface area contributed by atoms with Crippen LogP contribution in [0.4, 0.5) is 0 Å². The number of piperazine rings is 1. The number of benzene rings is 2. The first-order valence-electron chi connectivity index (χ1n) is 9.60. The molecule has 0 aromatic heterocycles. The van der Waals surface area contributed by atoms with E-state index >= 15 is 0 Å². The van der Waals surface area contributed by atoms with Gasteiger partial charge >= 0.3 is 0 Å². The molecule has 0 saturated carbocycles. The third-order valence-electron chi connectivity index (χ3n) is 5.04. The highest BCUT2D eigenvalue weighted by atomic mass is 16.5. The molecule has 2 aromatic rings. The number of hydrogen-bond donors (Lipinski definition) is 0. The second kappa shape index (κ2) is 9.46. The number of likely N-dealkylation sites (N-methyl/N-ethyl adjacent to an activating group) is 1. The normalized spacial score (nSPS) is 14.6. The molecule has 1 amide bonds. The lowest BCUT2D eigenvalue weighted by molar-refractivity contribution is 0.0642. The third-order valence-corrected chi connectivity index (χ3v) is 5.04. The SMILES string of the molecule is CCN1CCN(C(=O)c2cc(OC)c(OCc3ccccc3)c(OC)c2)CC1. The second-order valence-corrected chi connectivity index (χ2v) is 6.71. The van der Waals surface area contributed by atoms with Gasteiger partial charge in [-0.3, -0.25) is 4.79 Å². The molecule has 1 aliphatic heterocycles. The van der Waals surface area contributed by atoms with Crippen LogP contribution in [0.3, 0.4) is 0 Å². The van der Waals surface area contributed by atoms with Crippen LogP contribution < -0.4 is 14.2 Å². The van der Waals surface area contributed by atoms with Crippen molar-refractivity contribution in [3.05, 3.63) is 53.6 Å². The summed E-state index contributed by atoms with van der Waals surface area (Å²) in [5.74, 6) is 1.47. The average molecular weight is 384 g/mol. The first-order chi connectivity index (χ1) is 13.7. The predicted octanol–water partition coefficient (Wildman–Crippen LogP) is 3.06. The molecule has 150 valence electrons. The molecule has 0 atom stereocenters. The van der Waals surface area contributed by atoms with Crippen molar-refractivity contribution in [2.75, 3.05) is 46.9 Å². The minimum atomic E-state index is -0.0121. The molecular formula is C22H28N2O4. The van der Waals surface area contributed by atoms with Crippen molar-refractivity contribution in [3.63, 3.8) is 0 Å². The molecule has 0 spiro atoms. The summed E-state index contributed by atoms with van der Waals surface area (Å²) in [4.78, 5) is 17.2. The molecule has 0 N–H and O–H groups in total. The molecule has 6 nitrogen and oxygen atoms in total. The molecule has 1 heterocycles. The quantitative estimate of drug-likeness (QED) is 0.734. The Balaban J connectivity index is 1.79. The van der Waals surface area contributed by atoms with Gasteiger partial charge in [0.1, 0.15) is 6.61 Å². The van der Waals surface area contributed by atoms with Crippen molar-refractivity contribution >= 4 is 5.91 Å². The van der Waals surface area contributed by atoms with Gasteiger partial charge in [-0.15, -0.1) is 0 Å². The molecule has 0 bridgehead atoms. The van der Waals surface area contributed by atoms with Crippen LogP contribution in [0.1, 0.15) is 22.8 Å². The van der Waals surface area contributed by atoms with E-state index in [1.165, 1.54) is 0 Å². The van der Waals surface area contributed by atoms with E-state index in [1.54, 1.807) is 26.4 Å². The monoisotopic (exact) mass is 384 g/mol. The Morgan fingerprint density at radius 3 is 2.11 bits per heavy atom. The zero-order chi connectivity index (χ0) is 19.9. The number of rotatable bonds is 7. The largest absolute Gasteiger partial charge is 0.493 e. The summed E-state index contributed by atoms with van der Waals surface area (Å²) in [5.41, 5.74) is 1.59. The van der Waals surface area contributed by atoms with Gasteiger partial charge in [0.25, 0.3) is 5.91 Å². The summed E-state index contributed by atoms with van der Waals surface area (Å²) < 4.78 is 17.0. The molecule has 1 saturated heterocycles. The van der Waals surface area contributed by atoms with Crippen LogP contribution in [0.25, 0.3) is 0 Å². The highest BCUT2D eigenvalue weighted by molar-refractivity contribution is 5.95. The summed E-state index contributed by atoms with van der Waals surface area (Å²) in [5, 5.41) is 0. The molecule has 1 fully saturated rings. The molecule has 0 radical (unpaired) electrons. The van der Waals surface area contributed by atoms with Gasteiger partial charge in [-0.25, -0.2) is 0 Å². The van der Waals surface area contributed by atoms with Crippen molar-refractivity contribution in [2.24, 2.45) is 0 Å². The standard InChI is InChI=1S/C22H28N2O4/c1-4-23-10-12-24(13-11-23)22(25)18-14-19(26-2)21(20(15-18)27-3)28-16-17-8-6-5-7-9-17/h5-9,14-15H,4,10-13,16H2,1-3H3. The van der Waals surface area contributed by atoms with Crippen LogP contribution in [0.5, 0.6) is 17.2 Å². The van der Waals surface area contributed by atoms with Gasteiger partial charge in [-0.1, -0.05) is 37.3 Å². The van der Waals surface area contributed by atoms with Gasteiger partial charge in [0.15, 0.2) is 11.5 Å². The Morgan fingerprint density at radius 2 is 1.57 bits per heavy atom. The van der Waals surface area contributed by atoms with Crippen LogP contribution in [-0.2, 0) is 6.61 Å². The van der Waals surface area contributed by atoms with E-state index in [4.69, 9.17) is 14.2 Å². The number of nitrogens with zero attached hydrogens (tertiary/aromatic N) is 2. The Kier molecular flexibility index (Phi) is 6.76. The molecule has 6 heteroatoms. The van der Waals surface area contributed by atoms with Gasteiger partial charge in [-0.05, 0) is 24.2 Å². The van der Waals surface area contributed by atoms with E-state index in [9.17, 15) is 4.79 Å². The molecule has 0 aliphatic carbocycles. The van der Waals surface area contributed by atoms with Crippen molar-refractivity contribution in [3.8, 4) is 17.2 Å². The maximum atomic E-state index is 13.0. The number of methoxy groups -OCH3 is 2. The number of hydrogen-bond acceptors (Lipinski definition) is 5. The van der Waals surface area contributed by atoms with Crippen LogP contribution >= 0.6 is 0 Å². The average Bonchev–Trinajstić information content (AvgIpc) is 2.77. The van der Waals surface area contributed by atoms with E-state index < -0.39 is 0 Å². The fraction of sp³-hybridized carbons (Fsp3) is 0.409. The number of carbonyl (C=O) groups excluding carboxylic acids is 1. The lowest BCUT2D eigenvalue weighted by Crippen LogP contribution is -2.48.